The van der Waals surface area contributed by atoms with E-state index in [1.807, 2.05) is 0 Å². The summed E-state index contributed by atoms with van der Waals surface area (Å²) in [4.78, 5) is 0. The van der Waals surface area contributed by atoms with E-state index in [-0.39, 0.29) is 11.4 Å². The summed E-state index contributed by atoms with van der Waals surface area (Å²) >= 11 is 0. The molecule has 0 saturated carbocycles. The first-order valence-corrected chi connectivity index (χ1v) is 7.02. The van der Waals surface area contributed by atoms with Crippen LogP contribution in [0, 0.1) is 11.7 Å². The molecule has 4 nitrogen and oxygen atoms in total. The summed E-state index contributed by atoms with van der Waals surface area (Å²) < 4.78 is 14.1. The van der Waals surface area contributed by atoms with Gasteiger partial charge < -0.3 is 16.3 Å². The molecule has 0 fully saturated rings. The van der Waals surface area contributed by atoms with Gasteiger partial charge in [0.05, 0.1) is 5.56 Å². The lowest BCUT2D eigenvalue weighted by Crippen LogP contribution is -2.19. The fraction of sp³-hybridized carbons (Fsp3) is 0.533. The Morgan fingerprint density at radius 3 is 2.80 bits per heavy atom. The number of hydrogen-bond donors (Lipinski definition) is 3. The van der Waals surface area contributed by atoms with Gasteiger partial charge in [-0.25, -0.2) is 4.39 Å². The normalized spacial score (nSPS) is 12.1. The second kappa shape index (κ2) is 8.53. The highest BCUT2D eigenvalue weighted by molar-refractivity contribution is 5.97. The lowest BCUT2D eigenvalue weighted by atomic mass is 10.1. The molecule has 0 spiro atoms. The monoisotopic (exact) mass is 281 g/mol. The van der Waals surface area contributed by atoms with E-state index < -0.39 is 5.82 Å². The highest BCUT2D eigenvalue weighted by atomic mass is 19.1. The SMILES string of the molecule is CC(C)CCCCNCc1cccc(/C(N)=N/O)c1F. The third kappa shape index (κ3) is 5.17. The van der Waals surface area contributed by atoms with Crippen molar-refractivity contribution in [2.75, 3.05) is 6.54 Å². The summed E-state index contributed by atoms with van der Waals surface area (Å²) in [5, 5.41) is 14.7. The van der Waals surface area contributed by atoms with E-state index in [0.717, 1.165) is 18.9 Å². The van der Waals surface area contributed by atoms with E-state index in [9.17, 15) is 4.39 Å². The molecule has 0 radical (unpaired) electrons. The average Bonchev–Trinajstić information content (AvgIpc) is 2.43. The Bertz CT molecular complexity index is 447. The van der Waals surface area contributed by atoms with Crippen molar-refractivity contribution in [3.63, 3.8) is 0 Å². The smallest absolute Gasteiger partial charge is 0.173 e. The maximum Gasteiger partial charge on any atom is 0.173 e. The Kier molecular flexibility index (Phi) is 7.01. The number of oxime groups is 1. The first-order valence-electron chi connectivity index (χ1n) is 7.02. The van der Waals surface area contributed by atoms with E-state index >= 15 is 0 Å². The average molecular weight is 281 g/mol. The molecule has 0 aliphatic carbocycles. The minimum Gasteiger partial charge on any atom is -0.409 e. The molecule has 4 N–H and O–H groups in total. The number of benzene rings is 1. The van der Waals surface area contributed by atoms with Gasteiger partial charge in [-0.05, 0) is 24.9 Å². The second-order valence-corrected chi connectivity index (χ2v) is 5.33. The van der Waals surface area contributed by atoms with Gasteiger partial charge >= 0.3 is 0 Å². The first kappa shape index (κ1) is 16.4. The molecule has 20 heavy (non-hydrogen) atoms. The third-order valence-electron chi connectivity index (χ3n) is 3.16. The molecule has 0 heterocycles. The topological polar surface area (TPSA) is 70.6 Å². The van der Waals surface area contributed by atoms with Crippen LogP contribution in [0.1, 0.15) is 44.2 Å². The fourth-order valence-electron chi connectivity index (χ4n) is 1.99. The van der Waals surface area contributed by atoms with E-state index in [1.54, 1.807) is 12.1 Å². The van der Waals surface area contributed by atoms with Gasteiger partial charge in [0.2, 0.25) is 0 Å². The molecule has 112 valence electrons. The number of unbranched alkanes of at least 4 members (excludes halogenated alkanes) is 1. The van der Waals surface area contributed by atoms with Gasteiger partial charge in [-0.2, -0.15) is 0 Å². The van der Waals surface area contributed by atoms with Crippen LogP contribution in [0.15, 0.2) is 23.4 Å². The Hall–Kier alpha value is -1.62. The van der Waals surface area contributed by atoms with Gasteiger partial charge in [-0.1, -0.05) is 44.0 Å². The first-order chi connectivity index (χ1) is 9.56. The van der Waals surface area contributed by atoms with Crippen molar-refractivity contribution in [3.05, 3.63) is 35.1 Å². The molecular weight excluding hydrogens is 257 g/mol. The predicted molar refractivity (Wildman–Crippen MR) is 79.3 cm³/mol. The van der Waals surface area contributed by atoms with Crippen LogP contribution in [0.3, 0.4) is 0 Å². The van der Waals surface area contributed by atoms with Gasteiger partial charge in [0, 0.05) is 12.1 Å². The van der Waals surface area contributed by atoms with Crippen LogP contribution < -0.4 is 11.1 Å². The number of amidine groups is 1. The molecule has 0 aliphatic heterocycles. The maximum absolute atomic E-state index is 14.1. The number of nitrogens with one attached hydrogen (secondary N) is 1. The zero-order valence-electron chi connectivity index (χ0n) is 12.2. The van der Waals surface area contributed by atoms with Gasteiger partial charge in [0.25, 0.3) is 0 Å². The highest BCUT2D eigenvalue weighted by Crippen LogP contribution is 2.13. The number of nitrogens with zero attached hydrogens (tertiary/aromatic N) is 1. The Morgan fingerprint density at radius 1 is 1.40 bits per heavy atom. The largest absolute Gasteiger partial charge is 0.409 e. The van der Waals surface area contributed by atoms with Crippen molar-refractivity contribution in [3.8, 4) is 0 Å². The third-order valence-corrected chi connectivity index (χ3v) is 3.16. The van der Waals surface area contributed by atoms with Gasteiger partial charge in [-0.3, -0.25) is 0 Å². The Balaban J connectivity index is 2.45. The second-order valence-electron chi connectivity index (χ2n) is 5.33. The molecule has 5 heteroatoms. The quantitative estimate of drug-likeness (QED) is 0.226. The van der Waals surface area contributed by atoms with Gasteiger partial charge in [0.1, 0.15) is 5.82 Å². The van der Waals surface area contributed by atoms with Crippen molar-refractivity contribution in [2.45, 2.75) is 39.7 Å². The van der Waals surface area contributed by atoms with E-state index in [4.69, 9.17) is 10.9 Å². The number of halogens is 1. The molecule has 0 unspecified atom stereocenters. The summed E-state index contributed by atoms with van der Waals surface area (Å²) in [6.45, 7) is 5.73. The molecular formula is C15H24FN3O. The summed E-state index contributed by atoms with van der Waals surface area (Å²) in [5.41, 5.74) is 6.08. The zero-order valence-corrected chi connectivity index (χ0v) is 12.2. The standard InChI is InChI=1S/C15H24FN3O/c1-11(2)6-3-4-9-18-10-12-7-5-8-13(14(12)16)15(17)19-20/h5,7-8,11,18,20H,3-4,6,9-10H2,1-2H3,(H2,17,19). The molecule has 0 saturated heterocycles. The van der Waals surface area contributed by atoms with Crippen LogP contribution in [0.5, 0.6) is 0 Å². The van der Waals surface area contributed by atoms with Crippen LogP contribution >= 0.6 is 0 Å². The summed E-state index contributed by atoms with van der Waals surface area (Å²) in [5.74, 6) is 0.0867. The minimum absolute atomic E-state index is 0.131. The minimum atomic E-state index is -0.433. The van der Waals surface area contributed by atoms with Gasteiger partial charge in [-0.15, -0.1) is 0 Å². The van der Waals surface area contributed by atoms with Gasteiger partial charge in [0.15, 0.2) is 5.84 Å². The van der Waals surface area contributed by atoms with E-state index in [2.05, 4.69) is 24.3 Å². The molecule has 1 aromatic rings. The number of nitrogens with two attached hydrogens (primary N) is 1. The summed E-state index contributed by atoms with van der Waals surface area (Å²) in [6.07, 6.45) is 3.48. The van der Waals surface area contributed by atoms with Crippen LogP contribution in [0.4, 0.5) is 4.39 Å². The predicted octanol–water partition coefficient (Wildman–Crippen LogP) is 2.84. The van der Waals surface area contributed by atoms with Crippen LogP contribution in [-0.2, 0) is 6.54 Å². The van der Waals surface area contributed by atoms with E-state index in [0.29, 0.717) is 12.1 Å². The van der Waals surface area contributed by atoms with Crippen molar-refractivity contribution in [1.29, 1.82) is 0 Å². The number of rotatable bonds is 8. The zero-order chi connectivity index (χ0) is 15.0. The van der Waals surface area contributed by atoms with Crippen molar-refractivity contribution < 1.29 is 9.60 Å². The van der Waals surface area contributed by atoms with Crippen molar-refractivity contribution in [2.24, 2.45) is 16.8 Å². The molecule has 0 bridgehead atoms. The highest BCUT2D eigenvalue weighted by Gasteiger charge is 2.10. The molecule has 0 atom stereocenters. The summed E-state index contributed by atoms with van der Waals surface area (Å²) in [7, 11) is 0. The van der Waals surface area contributed by atoms with Crippen LogP contribution in [0.2, 0.25) is 0 Å². The number of hydrogen-bond acceptors (Lipinski definition) is 3. The van der Waals surface area contributed by atoms with Crippen molar-refractivity contribution in [1.82, 2.24) is 5.32 Å². The lowest BCUT2D eigenvalue weighted by molar-refractivity contribution is 0.318. The molecule has 0 aromatic heterocycles. The Labute approximate surface area is 119 Å². The maximum atomic E-state index is 14.1. The Morgan fingerprint density at radius 2 is 2.15 bits per heavy atom. The lowest BCUT2D eigenvalue weighted by Gasteiger charge is -2.09. The molecule has 0 amide bonds. The van der Waals surface area contributed by atoms with Crippen LogP contribution in [-0.4, -0.2) is 17.6 Å². The van der Waals surface area contributed by atoms with Crippen LogP contribution in [0.25, 0.3) is 0 Å². The molecule has 1 rings (SSSR count). The molecule has 0 aliphatic rings. The van der Waals surface area contributed by atoms with Crippen molar-refractivity contribution >= 4 is 5.84 Å². The van der Waals surface area contributed by atoms with E-state index in [1.165, 1.54) is 18.9 Å². The fourth-order valence-corrected chi connectivity index (χ4v) is 1.99. The molecule has 1 aromatic carbocycles. The summed E-state index contributed by atoms with van der Waals surface area (Å²) in [6, 6.07) is 4.90.